The Bertz CT molecular complexity index is 383. The van der Waals surface area contributed by atoms with Gasteiger partial charge in [-0.25, -0.2) is 0 Å². The van der Waals surface area contributed by atoms with Gasteiger partial charge in [0.05, 0.1) is 0 Å². The molecular formula is C24H46O3. The van der Waals surface area contributed by atoms with E-state index >= 15 is 0 Å². The van der Waals surface area contributed by atoms with Crippen molar-refractivity contribution in [2.45, 2.75) is 129 Å². The lowest BCUT2D eigenvalue weighted by Gasteiger charge is -2.15. The minimum Gasteiger partial charge on any atom is -0.510 e. The monoisotopic (exact) mass is 382 g/mol. The van der Waals surface area contributed by atoms with Crippen molar-refractivity contribution in [3.05, 3.63) is 23.5 Å². The molecule has 0 aliphatic rings. The van der Waals surface area contributed by atoms with Gasteiger partial charge in [0.15, 0.2) is 0 Å². The molecule has 2 atom stereocenters. The number of hydrogen-bond acceptors (Lipinski definition) is 3. The second-order valence-electron chi connectivity index (χ2n) is 8.13. The highest BCUT2D eigenvalue weighted by Crippen LogP contribution is 2.14. The van der Waals surface area contributed by atoms with Crippen LogP contribution in [0.2, 0.25) is 0 Å². The normalized spacial score (nSPS) is 13.8. The van der Waals surface area contributed by atoms with Gasteiger partial charge in [0.25, 0.3) is 0 Å². The second-order valence-corrected chi connectivity index (χ2v) is 8.13. The standard InChI is InChI=1S/C24H46O3/c1-4-5-6-7-8-9-10-11-12-13-14-15-16-17-18-19-20-22(25)24(27)23(26)21(2)3/h19-20,22,24-27H,4-18H2,1-3H3/t22-,24?/m0/s1. The van der Waals surface area contributed by atoms with Gasteiger partial charge in [-0.3, -0.25) is 0 Å². The van der Waals surface area contributed by atoms with Gasteiger partial charge in [0, 0.05) is 0 Å². The summed E-state index contributed by atoms with van der Waals surface area (Å²) in [6, 6.07) is 0. The highest BCUT2D eigenvalue weighted by Gasteiger charge is 2.18. The highest BCUT2D eigenvalue weighted by molar-refractivity contribution is 5.11. The third-order valence-corrected chi connectivity index (χ3v) is 5.17. The van der Waals surface area contributed by atoms with Crippen LogP contribution in [0.15, 0.2) is 23.5 Å². The first-order valence-electron chi connectivity index (χ1n) is 11.4. The summed E-state index contributed by atoms with van der Waals surface area (Å²) < 4.78 is 0. The average Bonchev–Trinajstić information content (AvgIpc) is 2.66. The summed E-state index contributed by atoms with van der Waals surface area (Å²) in [6.07, 6.45) is 21.1. The third kappa shape index (κ3) is 15.9. The Balaban J connectivity index is 3.41. The molecule has 0 radical (unpaired) electrons. The minimum atomic E-state index is -1.22. The van der Waals surface area contributed by atoms with Gasteiger partial charge in [-0.05, 0) is 32.3 Å². The lowest BCUT2D eigenvalue weighted by Crippen LogP contribution is -2.26. The van der Waals surface area contributed by atoms with Gasteiger partial charge in [-0.1, -0.05) is 103 Å². The maximum absolute atomic E-state index is 9.82. The first-order chi connectivity index (χ1) is 13.0. The highest BCUT2D eigenvalue weighted by atomic mass is 16.4. The topological polar surface area (TPSA) is 60.7 Å². The quantitative estimate of drug-likeness (QED) is 0.136. The maximum Gasteiger partial charge on any atom is 0.140 e. The average molecular weight is 383 g/mol. The van der Waals surface area contributed by atoms with Crippen molar-refractivity contribution in [1.82, 2.24) is 0 Å². The smallest absolute Gasteiger partial charge is 0.140 e. The molecule has 0 aromatic carbocycles. The lowest BCUT2D eigenvalue weighted by atomic mass is 10.0. The molecule has 3 N–H and O–H groups in total. The summed E-state index contributed by atoms with van der Waals surface area (Å²) in [5.41, 5.74) is 0.627. The Hall–Kier alpha value is -0.800. The molecule has 160 valence electrons. The van der Waals surface area contributed by atoms with Crippen LogP contribution in [0.1, 0.15) is 117 Å². The summed E-state index contributed by atoms with van der Waals surface area (Å²) in [5, 5.41) is 29.2. The fraction of sp³-hybridized carbons (Fsp3) is 0.833. The van der Waals surface area contributed by atoms with E-state index < -0.39 is 12.2 Å². The summed E-state index contributed by atoms with van der Waals surface area (Å²) in [6.45, 7) is 5.69. The predicted octanol–water partition coefficient (Wildman–Crippen LogP) is 6.99. The van der Waals surface area contributed by atoms with E-state index in [0.29, 0.717) is 5.57 Å². The van der Waals surface area contributed by atoms with Crippen molar-refractivity contribution < 1.29 is 15.3 Å². The fourth-order valence-electron chi connectivity index (χ4n) is 3.26. The van der Waals surface area contributed by atoms with Gasteiger partial charge in [-0.2, -0.15) is 0 Å². The van der Waals surface area contributed by atoms with Crippen LogP contribution in [-0.4, -0.2) is 27.5 Å². The SMILES string of the molecule is CCCCCCCCCCCCCCCCC=C[C@H](O)C(O)C(O)=C(C)C. The van der Waals surface area contributed by atoms with E-state index in [4.69, 9.17) is 0 Å². The van der Waals surface area contributed by atoms with Gasteiger partial charge in [0.2, 0.25) is 0 Å². The van der Waals surface area contributed by atoms with Crippen LogP contribution < -0.4 is 0 Å². The van der Waals surface area contributed by atoms with E-state index in [1.165, 1.54) is 83.5 Å². The summed E-state index contributed by atoms with van der Waals surface area (Å²) >= 11 is 0. The molecule has 0 saturated heterocycles. The number of aliphatic hydroxyl groups excluding tert-OH is 3. The molecule has 0 amide bonds. The molecule has 0 heterocycles. The van der Waals surface area contributed by atoms with Crippen LogP contribution >= 0.6 is 0 Å². The Labute approximate surface area is 168 Å². The van der Waals surface area contributed by atoms with Crippen LogP contribution in [0, 0.1) is 0 Å². The maximum atomic E-state index is 9.82. The molecule has 0 saturated carbocycles. The Kier molecular flexibility index (Phi) is 18.0. The molecule has 3 nitrogen and oxygen atoms in total. The summed E-state index contributed by atoms with van der Waals surface area (Å²) in [5.74, 6) is -0.136. The zero-order chi connectivity index (χ0) is 20.3. The van der Waals surface area contributed by atoms with Crippen LogP contribution in [0.25, 0.3) is 0 Å². The number of hydrogen-bond donors (Lipinski definition) is 3. The largest absolute Gasteiger partial charge is 0.510 e. The molecule has 0 spiro atoms. The number of unbranched alkanes of at least 4 members (excludes halogenated alkanes) is 14. The van der Waals surface area contributed by atoms with Gasteiger partial charge in [-0.15, -0.1) is 0 Å². The second kappa shape index (κ2) is 18.6. The van der Waals surface area contributed by atoms with Crippen LogP contribution in [0.3, 0.4) is 0 Å². The lowest BCUT2D eigenvalue weighted by molar-refractivity contribution is 0.0440. The van der Waals surface area contributed by atoms with E-state index in [0.717, 1.165) is 12.8 Å². The molecule has 1 unspecified atom stereocenters. The van der Waals surface area contributed by atoms with Crippen molar-refractivity contribution in [2.75, 3.05) is 0 Å². The molecule has 0 fully saturated rings. The Morgan fingerprint density at radius 2 is 1.11 bits per heavy atom. The molecule has 0 bridgehead atoms. The van der Waals surface area contributed by atoms with Crippen LogP contribution in [0.4, 0.5) is 0 Å². The zero-order valence-corrected chi connectivity index (χ0v) is 18.3. The number of aliphatic hydroxyl groups is 3. The molecule has 0 aromatic heterocycles. The first kappa shape index (κ1) is 26.2. The number of rotatable bonds is 18. The van der Waals surface area contributed by atoms with Crippen molar-refractivity contribution in [2.24, 2.45) is 0 Å². The molecule has 0 aliphatic carbocycles. The minimum absolute atomic E-state index is 0.136. The number of allylic oxidation sites excluding steroid dienone is 2. The zero-order valence-electron chi connectivity index (χ0n) is 18.3. The molecular weight excluding hydrogens is 336 g/mol. The van der Waals surface area contributed by atoms with Crippen LogP contribution in [-0.2, 0) is 0 Å². The van der Waals surface area contributed by atoms with E-state index in [2.05, 4.69) is 6.92 Å². The van der Waals surface area contributed by atoms with E-state index in [-0.39, 0.29) is 5.76 Å². The molecule has 0 aliphatic heterocycles. The molecule has 0 rings (SSSR count). The van der Waals surface area contributed by atoms with E-state index in [1.54, 1.807) is 19.9 Å². The fourth-order valence-corrected chi connectivity index (χ4v) is 3.26. The summed E-state index contributed by atoms with van der Waals surface area (Å²) in [7, 11) is 0. The van der Waals surface area contributed by atoms with Crippen molar-refractivity contribution in [3.8, 4) is 0 Å². The van der Waals surface area contributed by atoms with Gasteiger partial charge >= 0.3 is 0 Å². The first-order valence-corrected chi connectivity index (χ1v) is 11.4. The van der Waals surface area contributed by atoms with Crippen molar-refractivity contribution in [1.29, 1.82) is 0 Å². The van der Waals surface area contributed by atoms with Gasteiger partial charge < -0.3 is 15.3 Å². The summed E-state index contributed by atoms with van der Waals surface area (Å²) in [4.78, 5) is 0. The molecule has 3 heteroatoms. The third-order valence-electron chi connectivity index (χ3n) is 5.17. The molecule has 0 aromatic rings. The van der Waals surface area contributed by atoms with Crippen molar-refractivity contribution >= 4 is 0 Å². The van der Waals surface area contributed by atoms with E-state index in [1.807, 2.05) is 6.08 Å². The van der Waals surface area contributed by atoms with Gasteiger partial charge in [0.1, 0.15) is 18.0 Å². The van der Waals surface area contributed by atoms with Crippen LogP contribution in [0.5, 0.6) is 0 Å². The predicted molar refractivity (Wildman–Crippen MR) is 117 cm³/mol. The Morgan fingerprint density at radius 3 is 1.52 bits per heavy atom. The van der Waals surface area contributed by atoms with Crippen molar-refractivity contribution in [3.63, 3.8) is 0 Å². The van der Waals surface area contributed by atoms with E-state index in [9.17, 15) is 15.3 Å². The molecule has 27 heavy (non-hydrogen) atoms. The Morgan fingerprint density at radius 1 is 0.704 bits per heavy atom.